The van der Waals surface area contributed by atoms with E-state index in [9.17, 15) is 21.6 Å². The maximum atomic E-state index is 12.3. The minimum Gasteiger partial charge on any atom is -0.480 e. The highest BCUT2D eigenvalue weighted by molar-refractivity contribution is 7.91. The molecule has 0 aliphatic rings. The number of hydrogen-bond acceptors (Lipinski definition) is 7. The molecule has 0 saturated carbocycles. The normalized spacial score (nSPS) is 12.8. The van der Waals surface area contributed by atoms with Gasteiger partial charge in [0.1, 0.15) is 18.2 Å². The van der Waals surface area contributed by atoms with E-state index in [0.29, 0.717) is 0 Å². The molecule has 25 heavy (non-hydrogen) atoms. The Morgan fingerprint density at radius 3 is 2.36 bits per heavy atom. The van der Waals surface area contributed by atoms with Gasteiger partial charge in [0.2, 0.25) is 10.0 Å². The molecule has 1 aromatic rings. The number of benzene rings is 1. The third kappa shape index (κ3) is 5.53. The van der Waals surface area contributed by atoms with Gasteiger partial charge < -0.3 is 5.11 Å². The van der Waals surface area contributed by atoms with Crippen molar-refractivity contribution in [1.82, 2.24) is 4.72 Å². The molecule has 11 heteroatoms. The molecule has 0 heterocycles. The van der Waals surface area contributed by atoms with Gasteiger partial charge in [-0.25, -0.2) is 21.6 Å². The number of nitriles is 2. The smallest absolute Gasteiger partial charge is 0.321 e. The fourth-order valence-electron chi connectivity index (χ4n) is 1.93. The molecule has 2 N–H and O–H groups in total. The fourth-order valence-corrected chi connectivity index (χ4v) is 4.89. The Morgan fingerprint density at radius 2 is 1.84 bits per heavy atom. The molecule has 0 radical (unpaired) electrons. The number of carboxylic acid groups (broad SMARTS) is 1. The number of carbonyl (C=O) groups is 1. The molecule has 0 aliphatic heterocycles. The Morgan fingerprint density at radius 1 is 1.20 bits per heavy atom. The predicted molar refractivity (Wildman–Crippen MR) is 86.6 cm³/mol. The molecule has 0 aromatic heterocycles. The number of carboxylic acids is 1. The van der Waals surface area contributed by atoms with Gasteiger partial charge in [-0.15, -0.1) is 0 Å². The van der Waals surface area contributed by atoms with Crippen LogP contribution in [0.1, 0.15) is 24.5 Å². The van der Waals surface area contributed by atoms with Crippen molar-refractivity contribution in [3.05, 3.63) is 29.3 Å². The summed E-state index contributed by atoms with van der Waals surface area (Å²) in [6.07, 6.45) is -0.300. The van der Waals surface area contributed by atoms with E-state index in [2.05, 4.69) is 0 Å². The maximum absolute atomic E-state index is 12.3. The van der Waals surface area contributed by atoms with Crippen LogP contribution in [0.3, 0.4) is 0 Å². The molecule has 1 atom stereocenters. The molecule has 1 unspecified atom stereocenters. The molecule has 0 spiro atoms. The average molecular weight is 385 g/mol. The molecule has 0 fully saturated rings. The van der Waals surface area contributed by atoms with Crippen molar-refractivity contribution in [1.29, 1.82) is 10.5 Å². The molecule has 0 bridgehead atoms. The molecule has 0 amide bonds. The van der Waals surface area contributed by atoms with Crippen molar-refractivity contribution in [3.63, 3.8) is 0 Å². The molecule has 1 rings (SSSR count). The highest BCUT2D eigenvalue weighted by Crippen LogP contribution is 2.20. The van der Waals surface area contributed by atoms with Crippen molar-refractivity contribution in [3.8, 4) is 12.1 Å². The summed E-state index contributed by atoms with van der Waals surface area (Å²) in [5, 5.41) is 26.7. The van der Waals surface area contributed by atoms with Gasteiger partial charge in [0.25, 0.3) is 0 Å². The second-order valence-corrected chi connectivity index (χ2v) is 9.02. The molecular formula is C14H15N3O6S2. The summed E-state index contributed by atoms with van der Waals surface area (Å²) in [6.45, 7) is 1.14. The van der Waals surface area contributed by atoms with Gasteiger partial charge in [-0.1, -0.05) is 6.07 Å². The second kappa shape index (κ2) is 8.07. The lowest BCUT2D eigenvalue weighted by molar-refractivity contribution is -0.138. The average Bonchev–Trinajstić information content (AvgIpc) is 2.52. The topological polar surface area (TPSA) is 165 Å². The number of nitrogens with zero attached hydrogens (tertiary/aromatic N) is 2. The van der Waals surface area contributed by atoms with E-state index in [0.717, 1.165) is 6.92 Å². The van der Waals surface area contributed by atoms with Crippen molar-refractivity contribution >= 4 is 25.8 Å². The highest BCUT2D eigenvalue weighted by Gasteiger charge is 2.23. The maximum Gasteiger partial charge on any atom is 0.321 e. The predicted octanol–water partition coefficient (Wildman–Crippen LogP) is -0.0137. The minimum absolute atomic E-state index is 0.0897. The summed E-state index contributed by atoms with van der Waals surface area (Å²) >= 11 is 0. The lowest BCUT2D eigenvalue weighted by Gasteiger charge is -2.11. The molecule has 134 valence electrons. The number of sulfonamides is 1. The van der Waals surface area contributed by atoms with Gasteiger partial charge in [-0.05, 0) is 25.5 Å². The number of nitrogens with one attached hydrogen (secondary N) is 1. The van der Waals surface area contributed by atoms with Crippen molar-refractivity contribution in [2.24, 2.45) is 0 Å². The molecule has 1 aromatic carbocycles. The summed E-state index contributed by atoms with van der Waals surface area (Å²) in [5.74, 6) is -2.52. The lowest BCUT2D eigenvalue weighted by atomic mass is 10.1. The van der Waals surface area contributed by atoms with Crippen LogP contribution in [0.5, 0.6) is 0 Å². The van der Waals surface area contributed by atoms with Gasteiger partial charge in [-0.3, -0.25) is 4.79 Å². The molecule has 0 saturated heterocycles. The van der Waals surface area contributed by atoms with Crippen LogP contribution >= 0.6 is 0 Å². The van der Waals surface area contributed by atoms with Crippen LogP contribution in [0, 0.1) is 22.7 Å². The monoisotopic (exact) mass is 385 g/mol. The van der Waals surface area contributed by atoms with E-state index in [-0.39, 0.29) is 22.4 Å². The van der Waals surface area contributed by atoms with Gasteiger partial charge in [0.15, 0.2) is 9.84 Å². The van der Waals surface area contributed by atoms with Crippen LogP contribution in [-0.2, 0) is 24.7 Å². The van der Waals surface area contributed by atoms with Gasteiger partial charge in [0.05, 0.1) is 27.5 Å². The van der Waals surface area contributed by atoms with E-state index < -0.39 is 43.4 Å². The van der Waals surface area contributed by atoms with Crippen molar-refractivity contribution in [2.75, 3.05) is 11.5 Å². The summed E-state index contributed by atoms with van der Waals surface area (Å²) in [5.41, 5.74) is -0.376. The first-order chi connectivity index (χ1) is 11.5. The highest BCUT2D eigenvalue weighted by atomic mass is 32.2. The van der Waals surface area contributed by atoms with E-state index in [1.54, 1.807) is 12.1 Å². The third-order valence-corrected chi connectivity index (χ3v) is 6.52. The Bertz CT molecular complexity index is 955. The standard InChI is InChI=1S/C14H15N3O6S2/c1-10(14(18)19)17-25(22,23)7-3-6-24(20,21)13-5-2-4-11(8-15)12(13)9-16/h2,4-5,10,17H,3,6-7H2,1H3,(H,18,19). The van der Waals surface area contributed by atoms with Crippen LogP contribution in [0.15, 0.2) is 23.1 Å². The third-order valence-electron chi connectivity index (χ3n) is 3.15. The first-order valence-electron chi connectivity index (χ1n) is 6.93. The van der Waals surface area contributed by atoms with E-state index in [1.807, 2.05) is 4.72 Å². The Labute approximate surface area is 145 Å². The summed E-state index contributed by atoms with van der Waals surface area (Å²) in [6, 6.07) is 5.86. The van der Waals surface area contributed by atoms with E-state index >= 15 is 0 Å². The molecule has 0 aliphatic carbocycles. The van der Waals surface area contributed by atoms with Crippen molar-refractivity contribution in [2.45, 2.75) is 24.3 Å². The molecule has 9 nitrogen and oxygen atoms in total. The Balaban J connectivity index is 2.90. The number of rotatable bonds is 8. The van der Waals surface area contributed by atoms with E-state index in [4.69, 9.17) is 15.6 Å². The zero-order valence-electron chi connectivity index (χ0n) is 13.1. The second-order valence-electron chi connectivity index (χ2n) is 5.07. The number of sulfone groups is 1. The minimum atomic E-state index is -3.99. The number of hydrogen-bond donors (Lipinski definition) is 2. The quantitative estimate of drug-likeness (QED) is 0.630. The zero-order chi connectivity index (χ0) is 19.3. The summed E-state index contributed by atoms with van der Waals surface area (Å²) in [4.78, 5) is 10.3. The Kier molecular flexibility index (Phi) is 6.64. The van der Waals surface area contributed by atoms with Gasteiger partial charge in [-0.2, -0.15) is 10.5 Å². The first kappa shape index (κ1) is 20.6. The zero-order valence-corrected chi connectivity index (χ0v) is 14.8. The van der Waals surface area contributed by atoms with Crippen LogP contribution in [0.2, 0.25) is 0 Å². The Hall–Kier alpha value is -2.47. The largest absolute Gasteiger partial charge is 0.480 e. The lowest BCUT2D eigenvalue weighted by Crippen LogP contribution is -2.39. The van der Waals surface area contributed by atoms with Gasteiger partial charge in [0, 0.05) is 0 Å². The summed E-state index contributed by atoms with van der Waals surface area (Å²) in [7, 11) is -7.96. The fraction of sp³-hybridized carbons (Fsp3) is 0.357. The first-order valence-corrected chi connectivity index (χ1v) is 10.2. The van der Waals surface area contributed by atoms with Gasteiger partial charge >= 0.3 is 5.97 Å². The summed E-state index contributed by atoms with van der Waals surface area (Å²) < 4.78 is 50.0. The van der Waals surface area contributed by atoms with Crippen LogP contribution in [0.25, 0.3) is 0 Å². The number of aliphatic carboxylic acids is 1. The molecular weight excluding hydrogens is 370 g/mol. The SMILES string of the molecule is CC(NS(=O)(=O)CCCS(=O)(=O)c1cccc(C#N)c1C#N)C(=O)O. The van der Waals surface area contributed by atoms with E-state index in [1.165, 1.54) is 18.2 Å². The van der Waals surface area contributed by atoms with Crippen LogP contribution in [-0.4, -0.2) is 45.5 Å². The van der Waals surface area contributed by atoms with Crippen molar-refractivity contribution < 1.29 is 26.7 Å². The van der Waals surface area contributed by atoms with Crippen LogP contribution in [0.4, 0.5) is 0 Å². The van der Waals surface area contributed by atoms with Crippen LogP contribution < -0.4 is 4.72 Å².